The lowest BCUT2D eigenvalue weighted by molar-refractivity contribution is -0.148. The van der Waals surface area contributed by atoms with Gasteiger partial charge in [-0.2, -0.15) is 0 Å². The number of benzene rings is 2. The molecule has 4 atom stereocenters. The van der Waals surface area contributed by atoms with Crippen molar-refractivity contribution in [3.8, 4) is 0 Å². The van der Waals surface area contributed by atoms with Gasteiger partial charge in [0, 0.05) is 30.1 Å². The Balaban J connectivity index is 1.55. The number of para-hydroxylation sites is 1. The van der Waals surface area contributed by atoms with E-state index in [0.29, 0.717) is 25.8 Å². The normalized spacial score (nSPS) is 16.4. The number of aromatic nitrogens is 1. The topological polar surface area (TPSA) is 159 Å². The van der Waals surface area contributed by atoms with Crippen LogP contribution in [0.5, 0.6) is 0 Å². The first-order chi connectivity index (χ1) is 23.8. The Morgan fingerprint density at radius 1 is 0.900 bits per heavy atom. The Kier molecular flexibility index (Phi) is 13.0. The van der Waals surface area contributed by atoms with Gasteiger partial charge in [-0.1, -0.05) is 83.1 Å². The van der Waals surface area contributed by atoms with Crippen LogP contribution in [0.1, 0.15) is 71.9 Å². The van der Waals surface area contributed by atoms with Gasteiger partial charge in [-0.15, -0.1) is 0 Å². The quantitative estimate of drug-likeness (QED) is 0.180. The molecule has 50 heavy (non-hydrogen) atoms. The number of carbonyl (C=O) groups is 5. The van der Waals surface area contributed by atoms with Crippen molar-refractivity contribution in [2.24, 2.45) is 11.3 Å². The lowest BCUT2D eigenvalue weighted by Gasteiger charge is -2.33. The largest absolute Gasteiger partial charge is 0.464 e. The van der Waals surface area contributed by atoms with Crippen LogP contribution in [-0.4, -0.2) is 77.0 Å². The van der Waals surface area contributed by atoms with E-state index in [4.69, 9.17) is 9.47 Å². The fraction of sp³-hybridized carbons (Fsp3) is 0.500. The second-order valence-electron chi connectivity index (χ2n) is 14.3. The van der Waals surface area contributed by atoms with Gasteiger partial charge in [0.2, 0.25) is 17.7 Å². The van der Waals surface area contributed by atoms with Gasteiger partial charge < -0.3 is 30.4 Å². The van der Waals surface area contributed by atoms with Crippen LogP contribution in [0.3, 0.4) is 0 Å². The van der Waals surface area contributed by atoms with Crippen molar-refractivity contribution in [1.29, 1.82) is 0 Å². The number of aromatic amines is 1. The minimum atomic E-state index is -1.10. The molecule has 1 aliphatic heterocycles. The summed E-state index contributed by atoms with van der Waals surface area (Å²) in [7, 11) is 0. The molecule has 12 nitrogen and oxygen atoms in total. The molecule has 12 heteroatoms. The fourth-order valence-corrected chi connectivity index (χ4v) is 6.16. The zero-order chi connectivity index (χ0) is 36.4. The number of hydrogen-bond acceptors (Lipinski definition) is 7. The molecule has 1 aromatic heterocycles. The molecule has 0 aliphatic carbocycles. The highest BCUT2D eigenvalue weighted by molar-refractivity contribution is 5.96. The minimum Gasteiger partial charge on any atom is -0.464 e. The number of likely N-dealkylation sites (tertiary alicyclic amines) is 1. The molecule has 3 aromatic rings. The van der Waals surface area contributed by atoms with E-state index in [1.165, 1.54) is 4.90 Å². The van der Waals surface area contributed by atoms with Gasteiger partial charge in [0.25, 0.3) is 0 Å². The number of nitrogens with zero attached hydrogens (tertiary/aromatic N) is 1. The number of amides is 4. The van der Waals surface area contributed by atoms with Crippen LogP contribution in [0.25, 0.3) is 10.9 Å². The average molecular weight is 690 g/mol. The van der Waals surface area contributed by atoms with Crippen LogP contribution in [-0.2, 0) is 41.7 Å². The Morgan fingerprint density at radius 3 is 2.28 bits per heavy atom. The number of esters is 1. The first-order valence-electron chi connectivity index (χ1n) is 17.4. The summed E-state index contributed by atoms with van der Waals surface area (Å²) in [6.45, 7) is 11.6. The SMILES string of the molecule is CCOC(=O)[C@H](CC(C)C)NC(=O)[C@@H](NC(=O)[C@H](Cc1c[nH]c2ccccc12)NC(=O)[C@@H]1CCCN1C(=O)OCc1ccccc1)C(C)(C)C. The molecular formula is C38H51N5O7. The zero-order valence-corrected chi connectivity index (χ0v) is 29.9. The second kappa shape index (κ2) is 17.2. The third-order valence-electron chi connectivity index (χ3n) is 8.74. The monoisotopic (exact) mass is 689 g/mol. The molecule has 4 amide bonds. The summed E-state index contributed by atoms with van der Waals surface area (Å²) in [5.74, 6) is -2.05. The molecule has 0 spiro atoms. The standard InChI is InChI=1S/C38H51N5O7/c1-7-49-36(47)30(20-24(2)3)41-35(46)32(38(4,5)6)42-33(44)29(21-26-22-39-28-17-12-11-16-27(26)28)40-34(45)31-18-13-19-43(31)37(48)50-23-25-14-9-8-10-15-25/h8-12,14-17,22,24,29-32,39H,7,13,18-21,23H2,1-6H3,(H,40,45)(H,41,46)(H,42,44)/t29-,30-,31-,32+/m0/s1. The number of carbonyl (C=O) groups excluding carboxylic acids is 5. The predicted molar refractivity (Wildman–Crippen MR) is 190 cm³/mol. The van der Waals surface area contributed by atoms with Crippen LogP contribution in [0.2, 0.25) is 0 Å². The molecule has 4 rings (SSSR count). The first kappa shape index (κ1) is 37.9. The first-order valence-corrected chi connectivity index (χ1v) is 17.4. The van der Waals surface area contributed by atoms with E-state index in [-0.39, 0.29) is 25.6 Å². The summed E-state index contributed by atoms with van der Waals surface area (Å²) >= 11 is 0. The van der Waals surface area contributed by atoms with E-state index in [1.807, 2.05) is 89.2 Å². The highest BCUT2D eigenvalue weighted by atomic mass is 16.6. The number of hydrogen-bond donors (Lipinski definition) is 4. The molecule has 0 bridgehead atoms. The van der Waals surface area contributed by atoms with Crippen molar-refractivity contribution >= 4 is 40.7 Å². The van der Waals surface area contributed by atoms with Crippen LogP contribution < -0.4 is 16.0 Å². The van der Waals surface area contributed by atoms with E-state index in [2.05, 4.69) is 20.9 Å². The smallest absolute Gasteiger partial charge is 0.410 e. The lowest BCUT2D eigenvalue weighted by Crippen LogP contribution is -2.61. The molecule has 2 heterocycles. The van der Waals surface area contributed by atoms with Gasteiger partial charge in [-0.3, -0.25) is 19.3 Å². The molecule has 1 saturated heterocycles. The maximum absolute atomic E-state index is 14.2. The summed E-state index contributed by atoms with van der Waals surface area (Å²) < 4.78 is 10.7. The molecule has 270 valence electrons. The second-order valence-corrected chi connectivity index (χ2v) is 14.3. The maximum atomic E-state index is 14.2. The molecule has 0 saturated carbocycles. The molecular weight excluding hydrogens is 638 g/mol. The lowest BCUT2D eigenvalue weighted by atomic mass is 9.85. The van der Waals surface area contributed by atoms with Crippen molar-refractivity contribution in [1.82, 2.24) is 25.8 Å². The molecule has 2 aromatic carbocycles. The van der Waals surface area contributed by atoms with Crippen LogP contribution in [0.4, 0.5) is 4.79 Å². The van der Waals surface area contributed by atoms with Crippen molar-refractivity contribution in [3.63, 3.8) is 0 Å². The number of fused-ring (bicyclic) bond motifs is 1. The zero-order valence-electron chi connectivity index (χ0n) is 29.9. The highest BCUT2D eigenvalue weighted by Gasteiger charge is 2.40. The van der Waals surface area contributed by atoms with Gasteiger partial charge in [0.1, 0.15) is 30.8 Å². The summed E-state index contributed by atoms with van der Waals surface area (Å²) in [4.78, 5) is 72.2. The Hall–Kier alpha value is -4.87. The predicted octanol–water partition coefficient (Wildman–Crippen LogP) is 4.62. The van der Waals surface area contributed by atoms with Crippen LogP contribution in [0.15, 0.2) is 60.8 Å². The number of H-pyrrole nitrogens is 1. The number of nitrogens with one attached hydrogen (secondary N) is 4. The van der Waals surface area contributed by atoms with Gasteiger partial charge in [-0.05, 0) is 54.7 Å². The van der Waals surface area contributed by atoms with Crippen molar-refractivity contribution in [3.05, 3.63) is 71.9 Å². The van der Waals surface area contributed by atoms with Crippen LogP contribution in [0, 0.1) is 11.3 Å². The summed E-state index contributed by atoms with van der Waals surface area (Å²) in [6, 6.07) is 13.0. The molecule has 0 radical (unpaired) electrons. The Labute approximate surface area is 294 Å². The number of ether oxygens (including phenoxy) is 2. The summed E-state index contributed by atoms with van der Waals surface area (Å²) in [5, 5.41) is 9.47. The molecule has 1 aliphatic rings. The highest BCUT2D eigenvalue weighted by Crippen LogP contribution is 2.24. The van der Waals surface area contributed by atoms with E-state index in [0.717, 1.165) is 22.0 Å². The van der Waals surface area contributed by atoms with Gasteiger partial charge in [0.05, 0.1) is 6.61 Å². The van der Waals surface area contributed by atoms with E-state index >= 15 is 0 Å². The Bertz CT molecular complexity index is 1630. The van der Waals surface area contributed by atoms with E-state index in [1.54, 1.807) is 13.1 Å². The molecule has 1 fully saturated rings. The van der Waals surface area contributed by atoms with Gasteiger partial charge >= 0.3 is 12.1 Å². The fourth-order valence-electron chi connectivity index (χ4n) is 6.16. The Morgan fingerprint density at radius 2 is 1.60 bits per heavy atom. The number of rotatable bonds is 14. The van der Waals surface area contributed by atoms with Crippen molar-refractivity contribution < 1.29 is 33.4 Å². The van der Waals surface area contributed by atoms with Gasteiger partial charge in [0.15, 0.2) is 0 Å². The summed E-state index contributed by atoms with van der Waals surface area (Å²) in [5.41, 5.74) is 1.73. The third-order valence-corrected chi connectivity index (χ3v) is 8.74. The minimum absolute atomic E-state index is 0.0700. The third kappa shape index (κ3) is 10.1. The van der Waals surface area contributed by atoms with Crippen molar-refractivity contribution in [2.45, 2.75) is 98.0 Å². The van der Waals surface area contributed by atoms with E-state index < -0.39 is 59.4 Å². The van der Waals surface area contributed by atoms with E-state index in [9.17, 15) is 24.0 Å². The van der Waals surface area contributed by atoms with Gasteiger partial charge in [-0.25, -0.2) is 9.59 Å². The molecule has 0 unspecified atom stereocenters. The summed E-state index contributed by atoms with van der Waals surface area (Å²) in [6.07, 6.45) is 2.67. The van der Waals surface area contributed by atoms with Crippen LogP contribution >= 0.6 is 0 Å². The average Bonchev–Trinajstić information content (AvgIpc) is 3.73. The maximum Gasteiger partial charge on any atom is 0.410 e. The molecule has 4 N–H and O–H groups in total. The van der Waals surface area contributed by atoms with Crippen molar-refractivity contribution in [2.75, 3.05) is 13.2 Å².